The molecular weight excluding hydrogens is 244 g/mol. The quantitative estimate of drug-likeness (QED) is 0.918. The second-order valence-corrected chi connectivity index (χ2v) is 4.48. The zero-order chi connectivity index (χ0) is 14.0. The Morgan fingerprint density at radius 2 is 2.16 bits per heavy atom. The Hall–Kier alpha value is -2.37. The minimum atomic E-state index is -0.959. The number of rotatable bonds is 3. The minimum absolute atomic E-state index is 0.238. The molecule has 1 atom stereocenters. The van der Waals surface area contributed by atoms with E-state index in [0.717, 1.165) is 11.1 Å². The molecule has 2 aromatic heterocycles. The van der Waals surface area contributed by atoms with Crippen LogP contribution in [-0.2, 0) is 0 Å². The van der Waals surface area contributed by atoms with Crippen molar-refractivity contribution in [3.05, 3.63) is 41.9 Å². The molecular formula is C13H16N4O2. The van der Waals surface area contributed by atoms with Crippen LogP contribution in [0.2, 0.25) is 0 Å². The molecule has 6 heteroatoms. The fourth-order valence-corrected chi connectivity index (χ4v) is 1.71. The molecule has 2 rings (SSSR count). The molecule has 0 fully saturated rings. The van der Waals surface area contributed by atoms with Gasteiger partial charge in [0.1, 0.15) is 0 Å². The van der Waals surface area contributed by atoms with E-state index in [1.165, 1.54) is 11.9 Å². The third-order valence-corrected chi connectivity index (χ3v) is 3.08. The Morgan fingerprint density at radius 1 is 1.42 bits per heavy atom. The molecule has 1 amide bonds. The topological polar surface area (TPSA) is 71.2 Å². The minimum Gasteiger partial charge on any atom is -0.465 e. The zero-order valence-electron chi connectivity index (χ0n) is 11.1. The molecule has 19 heavy (non-hydrogen) atoms. The Morgan fingerprint density at radius 3 is 2.63 bits per heavy atom. The van der Waals surface area contributed by atoms with Gasteiger partial charge in [0.15, 0.2) is 5.82 Å². The van der Waals surface area contributed by atoms with E-state index in [1.807, 2.05) is 32.2 Å². The number of aromatic nitrogens is 3. The first kappa shape index (κ1) is 13.1. The zero-order valence-corrected chi connectivity index (χ0v) is 11.1. The Kier molecular flexibility index (Phi) is 3.50. The molecule has 0 aromatic carbocycles. The molecule has 0 radical (unpaired) electrons. The average Bonchev–Trinajstić information content (AvgIpc) is 2.84. The van der Waals surface area contributed by atoms with Crippen LogP contribution in [0.4, 0.5) is 4.79 Å². The fourth-order valence-electron chi connectivity index (χ4n) is 1.71. The standard InChI is InChI=1S/C13H16N4O2/c1-9-6-15-17(8-9)12-5-4-11(7-14-12)10(2)16(3)13(18)19/h4-8,10H,1-3H3,(H,18,19)/t10-/m0/s1. The highest BCUT2D eigenvalue weighted by molar-refractivity contribution is 5.65. The first-order valence-electron chi connectivity index (χ1n) is 5.92. The van der Waals surface area contributed by atoms with Crippen molar-refractivity contribution < 1.29 is 9.90 Å². The van der Waals surface area contributed by atoms with Crippen molar-refractivity contribution in [3.63, 3.8) is 0 Å². The van der Waals surface area contributed by atoms with Crippen molar-refractivity contribution in [2.75, 3.05) is 7.05 Å². The second-order valence-electron chi connectivity index (χ2n) is 4.48. The van der Waals surface area contributed by atoms with Crippen LogP contribution in [0.15, 0.2) is 30.7 Å². The lowest BCUT2D eigenvalue weighted by Crippen LogP contribution is -2.27. The number of aryl methyl sites for hydroxylation is 1. The van der Waals surface area contributed by atoms with E-state index in [1.54, 1.807) is 17.1 Å². The van der Waals surface area contributed by atoms with Crippen molar-refractivity contribution >= 4 is 6.09 Å². The summed E-state index contributed by atoms with van der Waals surface area (Å²) in [4.78, 5) is 16.4. The van der Waals surface area contributed by atoms with E-state index in [0.29, 0.717) is 5.82 Å². The Labute approximate surface area is 111 Å². The average molecular weight is 260 g/mol. The van der Waals surface area contributed by atoms with Crippen LogP contribution in [0.5, 0.6) is 0 Å². The smallest absolute Gasteiger partial charge is 0.407 e. The summed E-state index contributed by atoms with van der Waals surface area (Å²) in [5, 5.41) is 13.1. The number of carbonyl (C=O) groups is 1. The fraction of sp³-hybridized carbons (Fsp3) is 0.308. The van der Waals surface area contributed by atoms with Gasteiger partial charge in [-0.25, -0.2) is 14.5 Å². The molecule has 0 saturated heterocycles. The summed E-state index contributed by atoms with van der Waals surface area (Å²) < 4.78 is 1.69. The van der Waals surface area contributed by atoms with E-state index in [9.17, 15) is 4.79 Å². The molecule has 2 heterocycles. The summed E-state index contributed by atoms with van der Waals surface area (Å²) in [6.07, 6.45) is 4.36. The van der Waals surface area contributed by atoms with E-state index in [4.69, 9.17) is 5.11 Å². The molecule has 6 nitrogen and oxygen atoms in total. The Balaban J connectivity index is 2.21. The number of pyridine rings is 1. The van der Waals surface area contributed by atoms with Gasteiger partial charge in [-0.2, -0.15) is 5.10 Å². The van der Waals surface area contributed by atoms with Crippen molar-refractivity contribution in [1.29, 1.82) is 0 Å². The molecule has 0 aliphatic carbocycles. The normalized spacial score (nSPS) is 12.2. The summed E-state index contributed by atoms with van der Waals surface area (Å²) in [6.45, 7) is 3.78. The largest absolute Gasteiger partial charge is 0.465 e. The van der Waals surface area contributed by atoms with Gasteiger partial charge in [0.25, 0.3) is 0 Å². The van der Waals surface area contributed by atoms with Gasteiger partial charge in [-0.3, -0.25) is 0 Å². The third-order valence-electron chi connectivity index (χ3n) is 3.08. The number of nitrogens with zero attached hydrogens (tertiary/aromatic N) is 4. The number of hydrogen-bond acceptors (Lipinski definition) is 3. The summed E-state index contributed by atoms with van der Waals surface area (Å²) in [5.74, 6) is 0.710. The van der Waals surface area contributed by atoms with Gasteiger partial charge < -0.3 is 10.0 Å². The molecule has 1 N–H and O–H groups in total. The van der Waals surface area contributed by atoms with Crippen molar-refractivity contribution in [2.24, 2.45) is 0 Å². The molecule has 0 saturated carbocycles. The first-order valence-corrected chi connectivity index (χ1v) is 5.92. The number of carboxylic acid groups (broad SMARTS) is 1. The van der Waals surface area contributed by atoms with Gasteiger partial charge in [-0.05, 0) is 31.0 Å². The van der Waals surface area contributed by atoms with Crippen LogP contribution in [-0.4, -0.2) is 37.9 Å². The van der Waals surface area contributed by atoms with Gasteiger partial charge >= 0.3 is 6.09 Å². The maximum atomic E-state index is 10.9. The van der Waals surface area contributed by atoms with Gasteiger partial charge in [-0.15, -0.1) is 0 Å². The van der Waals surface area contributed by atoms with Gasteiger partial charge in [0, 0.05) is 19.4 Å². The van der Waals surface area contributed by atoms with Crippen LogP contribution in [0, 0.1) is 6.92 Å². The predicted molar refractivity (Wildman–Crippen MR) is 70.3 cm³/mol. The van der Waals surface area contributed by atoms with E-state index < -0.39 is 6.09 Å². The van der Waals surface area contributed by atoms with Gasteiger partial charge in [0.05, 0.1) is 12.2 Å². The van der Waals surface area contributed by atoms with Gasteiger partial charge in [-0.1, -0.05) is 6.07 Å². The van der Waals surface area contributed by atoms with Crippen molar-refractivity contribution in [2.45, 2.75) is 19.9 Å². The predicted octanol–water partition coefficient (Wildman–Crippen LogP) is 2.25. The SMILES string of the molecule is Cc1cnn(-c2ccc([C@H](C)N(C)C(=O)O)cn2)c1. The molecule has 0 unspecified atom stereocenters. The summed E-state index contributed by atoms with van der Waals surface area (Å²) in [6, 6.07) is 3.45. The monoisotopic (exact) mass is 260 g/mol. The first-order chi connectivity index (χ1) is 8.99. The lowest BCUT2D eigenvalue weighted by Gasteiger charge is -2.21. The molecule has 0 aliphatic heterocycles. The summed E-state index contributed by atoms with van der Waals surface area (Å²) in [7, 11) is 1.54. The molecule has 2 aromatic rings. The molecule has 0 bridgehead atoms. The van der Waals surface area contributed by atoms with E-state index in [2.05, 4.69) is 10.1 Å². The van der Waals surface area contributed by atoms with E-state index in [-0.39, 0.29) is 6.04 Å². The summed E-state index contributed by atoms with van der Waals surface area (Å²) >= 11 is 0. The third kappa shape index (κ3) is 2.73. The highest BCUT2D eigenvalue weighted by atomic mass is 16.4. The molecule has 0 spiro atoms. The molecule has 0 aliphatic rings. The van der Waals surface area contributed by atoms with E-state index >= 15 is 0 Å². The Bertz CT molecular complexity index is 577. The van der Waals surface area contributed by atoms with Gasteiger partial charge in [0.2, 0.25) is 0 Å². The maximum Gasteiger partial charge on any atom is 0.407 e. The second kappa shape index (κ2) is 5.09. The van der Waals surface area contributed by atoms with Crippen LogP contribution in [0.25, 0.3) is 5.82 Å². The maximum absolute atomic E-state index is 10.9. The van der Waals surface area contributed by atoms with Crippen LogP contribution in [0.3, 0.4) is 0 Å². The highest BCUT2D eigenvalue weighted by Crippen LogP contribution is 2.18. The highest BCUT2D eigenvalue weighted by Gasteiger charge is 2.16. The van der Waals surface area contributed by atoms with Crippen LogP contribution < -0.4 is 0 Å². The van der Waals surface area contributed by atoms with Crippen LogP contribution in [0.1, 0.15) is 24.1 Å². The number of hydrogen-bond donors (Lipinski definition) is 1. The molecule has 100 valence electrons. The lowest BCUT2D eigenvalue weighted by molar-refractivity contribution is 0.142. The van der Waals surface area contributed by atoms with Crippen molar-refractivity contribution in [1.82, 2.24) is 19.7 Å². The van der Waals surface area contributed by atoms with Crippen molar-refractivity contribution in [3.8, 4) is 5.82 Å². The number of amides is 1. The van der Waals surface area contributed by atoms with Crippen LogP contribution >= 0.6 is 0 Å². The summed E-state index contributed by atoms with van der Waals surface area (Å²) in [5.41, 5.74) is 1.90. The lowest BCUT2D eigenvalue weighted by atomic mass is 10.1.